The number of aromatic nitrogens is 1. The van der Waals surface area contributed by atoms with E-state index in [0.717, 1.165) is 24.8 Å². The lowest BCUT2D eigenvalue weighted by Gasteiger charge is -2.23. The number of hydrogen-bond donors (Lipinski definition) is 1. The molecule has 152 valence electrons. The molecule has 1 aliphatic carbocycles. The summed E-state index contributed by atoms with van der Waals surface area (Å²) in [5.74, 6) is -0.315. The quantitative estimate of drug-likeness (QED) is 0.764. The molecule has 4 rings (SSSR count). The Balaban J connectivity index is 1.51. The number of benzene rings is 1. The smallest absolute Gasteiger partial charge is 0.325 e. The number of likely N-dealkylation sites (N-methyl/N-ethyl adjacent to an activating group) is 1. The molecular formula is C21H24N4O3S. The Morgan fingerprint density at radius 2 is 2.03 bits per heavy atom. The average Bonchev–Trinajstić information content (AvgIpc) is 3.37. The second-order valence-electron chi connectivity index (χ2n) is 7.98. The van der Waals surface area contributed by atoms with Gasteiger partial charge in [-0.25, -0.2) is 9.78 Å². The van der Waals surface area contributed by atoms with E-state index in [1.54, 1.807) is 26.4 Å². The maximum absolute atomic E-state index is 13.2. The monoisotopic (exact) mass is 412 g/mol. The number of carbonyl (C=O) groups excluding carboxylic acids is 3. The molecule has 0 radical (unpaired) electrons. The SMILES string of the molecule is CN(C)C(=O)Cc1nc(CN2C(=O)NC(C)(c3ccc4c(c3)CCC4)C2=O)cs1. The molecule has 2 aromatic rings. The van der Waals surface area contributed by atoms with Crippen LogP contribution in [0.15, 0.2) is 23.6 Å². The fourth-order valence-electron chi connectivity index (χ4n) is 3.87. The first-order valence-corrected chi connectivity index (χ1v) is 10.6. The Bertz CT molecular complexity index is 1000. The van der Waals surface area contributed by atoms with Crippen LogP contribution in [-0.2, 0) is 40.9 Å². The molecule has 1 unspecified atom stereocenters. The van der Waals surface area contributed by atoms with Gasteiger partial charge in [-0.2, -0.15) is 0 Å². The number of hydrogen-bond acceptors (Lipinski definition) is 5. The predicted octanol–water partition coefficient (Wildman–Crippen LogP) is 2.23. The van der Waals surface area contributed by atoms with Crippen molar-refractivity contribution in [2.75, 3.05) is 14.1 Å². The molecule has 1 N–H and O–H groups in total. The lowest BCUT2D eigenvalue weighted by molar-refractivity contribution is -0.131. The van der Waals surface area contributed by atoms with Crippen molar-refractivity contribution < 1.29 is 14.4 Å². The third kappa shape index (κ3) is 3.53. The van der Waals surface area contributed by atoms with E-state index >= 15 is 0 Å². The van der Waals surface area contributed by atoms with Crippen LogP contribution < -0.4 is 5.32 Å². The second-order valence-corrected chi connectivity index (χ2v) is 8.92. The molecule has 0 bridgehead atoms. The number of imide groups is 1. The molecule has 2 heterocycles. The summed E-state index contributed by atoms with van der Waals surface area (Å²) in [6.07, 6.45) is 3.43. The number of urea groups is 1. The number of nitrogens with zero attached hydrogens (tertiary/aromatic N) is 3. The van der Waals surface area contributed by atoms with Gasteiger partial charge in [0.05, 0.1) is 18.7 Å². The molecule has 0 saturated carbocycles. The summed E-state index contributed by atoms with van der Waals surface area (Å²) in [5.41, 5.74) is 2.94. The average molecular weight is 413 g/mol. The number of carbonyl (C=O) groups is 3. The minimum absolute atomic E-state index is 0.0370. The van der Waals surface area contributed by atoms with Crippen molar-refractivity contribution in [3.05, 3.63) is 51.0 Å². The van der Waals surface area contributed by atoms with Gasteiger partial charge in [-0.3, -0.25) is 14.5 Å². The summed E-state index contributed by atoms with van der Waals surface area (Å²) in [5, 5.41) is 5.33. The van der Waals surface area contributed by atoms with Crippen LogP contribution in [0.5, 0.6) is 0 Å². The van der Waals surface area contributed by atoms with Crippen LogP contribution in [0, 0.1) is 0 Å². The fraction of sp³-hybridized carbons (Fsp3) is 0.429. The largest absolute Gasteiger partial charge is 0.348 e. The van der Waals surface area contributed by atoms with Crippen molar-refractivity contribution in [1.82, 2.24) is 20.1 Å². The molecule has 0 spiro atoms. The molecule has 7 nitrogen and oxygen atoms in total. The standard InChI is InChI=1S/C21H24N4O3S/c1-21(15-8-7-13-5-4-6-14(13)9-15)19(27)25(20(28)23-21)11-16-12-29-17(22-16)10-18(26)24(2)3/h7-9,12H,4-6,10-11H2,1-3H3,(H,23,28). The van der Waals surface area contributed by atoms with Crippen molar-refractivity contribution in [3.8, 4) is 0 Å². The van der Waals surface area contributed by atoms with E-state index in [4.69, 9.17) is 0 Å². The highest BCUT2D eigenvalue weighted by Gasteiger charge is 2.49. The number of aryl methyl sites for hydroxylation is 2. The van der Waals surface area contributed by atoms with E-state index in [9.17, 15) is 14.4 Å². The zero-order chi connectivity index (χ0) is 20.8. The van der Waals surface area contributed by atoms with Gasteiger partial charge in [-0.15, -0.1) is 11.3 Å². The Kier molecular flexibility index (Phi) is 4.90. The molecule has 1 aromatic heterocycles. The van der Waals surface area contributed by atoms with E-state index in [0.29, 0.717) is 10.7 Å². The Labute approximate surface area is 173 Å². The van der Waals surface area contributed by atoms with Crippen molar-refractivity contribution in [2.45, 2.75) is 44.7 Å². The molecule has 1 fully saturated rings. The molecule has 29 heavy (non-hydrogen) atoms. The molecule has 8 heteroatoms. The number of fused-ring (bicyclic) bond motifs is 1. The van der Waals surface area contributed by atoms with Crippen molar-refractivity contribution in [3.63, 3.8) is 0 Å². The highest BCUT2D eigenvalue weighted by atomic mass is 32.1. The van der Waals surface area contributed by atoms with Crippen LogP contribution >= 0.6 is 11.3 Å². The van der Waals surface area contributed by atoms with Gasteiger partial charge in [0, 0.05) is 19.5 Å². The minimum Gasteiger partial charge on any atom is -0.348 e. The Morgan fingerprint density at radius 1 is 1.28 bits per heavy atom. The van der Waals surface area contributed by atoms with Gasteiger partial charge < -0.3 is 10.2 Å². The predicted molar refractivity (Wildman–Crippen MR) is 109 cm³/mol. The summed E-state index contributed by atoms with van der Waals surface area (Å²) in [6.45, 7) is 1.85. The molecular weight excluding hydrogens is 388 g/mol. The molecule has 1 aliphatic heterocycles. The highest BCUT2D eigenvalue weighted by molar-refractivity contribution is 7.09. The summed E-state index contributed by atoms with van der Waals surface area (Å²) in [6, 6.07) is 5.65. The lowest BCUT2D eigenvalue weighted by Crippen LogP contribution is -2.41. The first-order valence-electron chi connectivity index (χ1n) is 9.68. The molecule has 1 atom stereocenters. The van der Waals surface area contributed by atoms with Gasteiger partial charge in [-0.05, 0) is 42.9 Å². The van der Waals surface area contributed by atoms with Gasteiger partial charge >= 0.3 is 6.03 Å². The summed E-state index contributed by atoms with van der Waals surface area (Å²) in [4.78, 5) is 44.8. The first-order chi connectivity index (χ1) is 13.8. The van der Waals surface area contributed by atoms with E-state index in [1.807, 2.05) is 6.07 Å². The lowest BCUT2D eigenvalue weighted by atomic mass is 9.89. The molecule has 1 aromatic carbocycles. The van der Waals surface area contributed by atoms with E-state index in [-0.39, 0.29) is 24.8 Å². The van der Waals surface area contributed by atoms with Gasteiger partial charge in [0.25, 0.3) is 5.91 Å². The first kappa shape index (κ1) is 19.6. The van der Waals surface area contributed by atoms with Gasteiger partial charge in [0.1, 0.15) is 10.5 Å². The fourth-order valence-corrected chi connectivity index (χ4v) is 4.65. The van der Waals surface area contributed by atoms with Gasteiger partial charge in [-0.1, -0.05) is 18.2 Å². The van der Waals surface area contributed by atoms with Crippen LogP contribution in [0.3, 0.4) is 0 Å². The normalized spacial score (nSPS) is 20.7. The third-order valence-electron chi connectivity index (χ3n) is 5.67. The second kappa shape index (κ2) is 7.26. The van der Waals surface area contributed by atoms with E-state index in [1.165, 1.54) is 32.3 Å². The van der Waals surface area contributed by atoms with Crippen LogP contribution in [0.1, 0.15) is 40.7 Å². The summed E-state index contributed by atoms with van der Waals surface area (Å²) >= 11 is 1.36. The Hall–Kier alpha value is -2.74. The van der Waals surface area contributed by atoms with Crippen LogP contribution in [0.2, 0.25) is 0 Å². The maximum Gasteiger partial charge on any atom is 0.325 e. The van der Waals surface area contributed by atoms with Crippen molar-refractivity contribution in [2.24, 2.45) is 0 Å². The summed E-state index contributed by atoms with van der Waals surface area (Å²) < 4.78 is 0. The topological polar surface area (TPSA) is 82.6 Å². The number of nitrogens with one attached hydrogen (secondary N) is 1. The zero-order valence-corrected chi connectivity index (χ0v) is 17.6. The number of rotatable bonds is 5. The van der Waals surface area contributed by atoms with E-state index < -0.39 is 11.6 Å². The van der Waals surface area contributed by atoms with Gasteiger partial charge in [0.15, 0.2) is 0 Å². The molecule has 2 aliphatic rings. The maximum atomic E-state index is 13.2. The molecule has 4 amide bonds. The van der Waals surface area contributed by atoms with Crippen LogP contribution in [-0.4, -0.2) is 46.7 Å². The van der Waals surface area contributed by atoms with Crippen molar-refractivity contribution in [1.29, 1.82) is 0 Å². The third-order valence-corrected chi connectivity index (χ3v) is 6.57. The van der Waals surface area contributed by atoms with Gasteiger partial charge in [0.2, 0.25) is 5.91 Å². The zero-order valence-electron chi connectivity index (χ0n) is 16.8. The molecule has 1 saturated heterocycles. The number of amides is 4. The Morgan fingerprint density at radius 3 is 2.79 bits per heavy atom. The van der Waals surface area contributed by atoms with Crippen LogP contribution in [0.4, 0.5) is 4.79 Å². The van der Waals surface area contributed by atoms with Crippen molar-refractivity contribution >= 4 is 29.2 Å². The minimum atomic E-state index is -1.07. The summed E-state index contributed by atoms with van der Waals surface area (Å²) in [7, 11) is 3.40. The van der Waals surface area contributed by atoms with Crippen LogP contribution in [0.25, 0.3) is 0 Å². The highest BCUT2D eigenvalue weighted by Crippen LogP contribution is 2.33. The van der Waals surface area contributed by atoms with E-state index in [2.05, 4.69) is 22.4 Å². The number of thiazole rings is 1.